The first-order valence-corrected chi connectivity index (χ1v) is 11.5. The summed E-state index contributed by atoms with van der Waals surface area (Å²) in [5.41, 5.74) is 2.06. The number of hydroxylamine groups is 2. The molecule has 0 radical (unpaired) electrons. The van der Waals surface area contributed by atoms with Gasteiger partial charge in [0.05, 0.1) is 18.1 Å². The van der Waals surface area contributed by atoms with Crippen LogP contribution in [0.4, 0.5) is 46.4 Å². The number of quaternary nitrogens is 1. The number of hydrogen-bond donors (Lipinski definition) is 3. The molecule has 1 aliphatic heterocycles. The molecule has 1 amide bonds. The number of oxazole rings is 1. The smallest absolute Gasteiger partial charge is 0.408 e. The third kappa shape index (κ3) is 5.16. The SMILES string of the molecule is C[N+]1(OC(=O)C(F)(F)F)C(=O)CCCc2cc(Nc3ncc(F)c(Nc4ccc5oc(=O)[nH]c5c4)n3)ccc21. The summed E-state index contributed by atoms with van der Waals surface area (Å²) in [6.45, 7) is 0. The Morgan fingerprint density at radius 2 is 1.85 bits per heavy atom. The minimum atomic E-state index is -5.28. The average Bonchev–Trinajstić information content (AvgIpc) is 3.19. The van der Waals surface area contributed by atoms with Gasteiger partial charge >= 0.3 is 23.8 Å². The molecule has 0 bridgehead atoms. The molecule has 0 spiro atoms. The first-order valence-electron chi connectivity index (χ1n) is 11.5. The van der Waals surface area contributed by atoms with Gasteiger partial charge in [-0.3, -0.25) is 9.82 Å². The predicted octanol–water partition coefficient (Wildman–Crippen LogP) is 4.36. The molecule has 5 rings (SSSR count). The van der Waals surface area contributed by atoms with E-state index in [1.54, 1.807) is 12.1 Å². The van der Waals surface area contributed by atoms with E-state index in [1.165, 1.54) is 24.3 Å². The Morgan fingerprint density at radius 1 is 1.10 bits per heavy atom. The van der Waals surface area contributed by atoms with Gasteiger partial charge in [-0.25, -0.2) is 23.8 Å². The van der Waals surface area contributed by atoms with E-state index in [1.807, 2.05) is 0 Å². The van der Waals surface area contributed by atoms with Gasteiger partial charge in [0, 0.05) is 23.0 Å². The number of fused-ring (bicyclic) bond motifs is 2. The summed E-state index contributed by atoms with van der Waals surface area (Å²) in [5, 5.41) is 5.69. The Labute approximate surface area is 216 Å². The largest absolute Gasteiger partial charge is 0.497 e. The number of H-pyrrole nitrogens is 1. The van der Waals surface area contributed by atoms with Crippen molar-refractivity contribution in [1.82, 2.24) is 19.6 Å². The van der Waals surface area contributed by atoms with Crippen molar-refractivity contribution >= 4 is 51.8 Å². The monoisotopic (exact) mass is 547 g/mol. The Morgan fingerprint density at radius 3 is 2.62 bits per heavy atom. The highest BCUT2D eigenvalue weighted by atomic mass is 19.4. The highest BCUT2D eigenvalue weighted by Gasteiger charge is 2.51. The van der Waals surface area contributed by atoms with Crippen LogP contribution in [0.15, 0.2) is 51.8 Å². The topological polar surface area (TPSA) is 139 Å². The van der Waals surface area contributed by atoms with E-state index in [-0.39, 0.29) is 23.9 Å². The number of nitrogens with one attached hydrogen (secondary N) is 3. The molecule has 2 aromatic carbocycles. The molecule has 0 aliphatic carbocycles. The maximum Gasteiger partial charge on any atom is 0.497 e. The van der Waals surface area contributed by atoms with Crippen LogP contribution in [0.2, 0.25) is 0 Å². The summed E-state index contributed by atoms with van der Waals surface area (Å²) in [5.74, 6) is -4.77. The van der Waals surface area contributed by atoms with Crippen LogP contribution in [-0.4, -0.2) is 40.1 Å². The Balaban J connectivity index is 1.40. The number of amides is 1. The van der Waals surface area contributed by atoms with Crippen LogP contribution >= 0.6 is 0 Å². The number of hydrogen-bond acceptors (Lipinski definition) is 9. The zero-order chi connectivity index (χ0) is 27.9. The molecule has 0 saturated carbocycles. The van der Waals surface area contributed by atoms with E-state index >= 15 is 0 Å². The quantitative estimate of drug-likeness (QED) is 0.246. The average molecular weight is 547 g/mol. The standard InChI is InChI=1S/C24H18F4N6O5/c1-34(39-21(36)24(26,27)28)17-7-5-13(9-12(17)3-2-4-19(34)35)31-22-29-11-15(25)20(33-22)30-14-6-8-18-16(10-14)32-23(37)38-18/h5-11H,2-4H2,1H3,(H2-,29,30,31,32,33,37)/p+1. The zero-order valence-corrected chi connectivity index (χ0v) is 20.1. The van der Waals surface area contributed by atoms with E-state index in [9.17, 15) is 31.9 Å². The number of carbonyl (C=O) groups is 2. The molecule has 0 fully saturated rings. The number of aromatic nitrogens is 3. The van der Waals surface area contributed by atoms with Crippen molar-refractivity contribution < 1.29 is 36.4 Å². The Bertz CT molecular complexity index is 1670. The lowest BCUT2D eigenvalue weighted by Gasteiger charge is -2.28. The van der Waals surface area contributed by atoms with Crippen LogP contribution in [0.25, 0.3) is 11.1 Å². The van der Waals surface area contributed by atoms with Gasteiger partial charge in [0.2, 0.25) is 5.95 Å². The second-order valence-corrected chi connectivity index (χ2v) is 8.76. The molecule has 202 valence electrons. The molecular formula is C24H19F4N6O5+. The van der Waals surface area contributed by atoms with E-state index in [0.29, 0.717) is 40.9 Å². The molecule has 1 unspecified atom stereocenters. The van der Waals surface area contributed by atoms with Gasteiger partial charge in [0.1, 0.15) is 7.05 Å². The molecule has 4 aromatic rings. The van der Waals surface area contributed by atoms with Crippen LogP contribution in [0.3, 0.4) is 0 Å². The molecule has 39 heavy (non-hydrogen) atoms. The number of halogens is 4. The third-order valence-electron chi connectivity index (χ3n) is 6.03. The van der Waals surface area contributed by atoms with Crippen LogP contribution in [0.5, 0.6) is 0 Å². The number of anilines is 4. The molecule has 3 N–H and O–H groups in total. The van der Waals surface area contributed by atoms with Crippen LogP contribution in [0.1, 0.15) is 18.4 Å². The molecule has 11 nitrogen and oxygen atoms in total. The van der Waals surface area contributed by atoms with Gasteiger partial charge in [-0.1, -0.05) is 0 Å². The number of carbonyl (C=O) groups excluding carboxylic acids is 2. The van der Waals surface area contributed by atoms with Gasteiger partial charge in [0.25, 0.3) is 0 Å². The first-order chi connectivity index (χ1) is 18.4. The lowest BCUT2D eigenvalue weighted by atomic mass is 10.1. The number of rotatable bonds is 5. The van der Waals surface area contributed by atoms with Crippen molar-refractivity contribution in [2.45, 2.75) is 25.4 Å². The first kappa shape index (κ1) is 25.8. The maximum atomic E-state index is 14.4. The van der Waals surface area contributed by atoms with Crippen molar-refractivity contribution in [2.75, 3.05) is 17.7 Å². The number of aromatic amines is 1. The Kier molecular flexibility index (Phi) is 6.30. The van der Waals surface area contributed by atoms with Gasteiger partial charge in [-0.05, 0) is 47.8 Å². The molecule has 15 heteroatoms. The zero-order valence-electron chi connectivity index (χ0n) is 20.1. The second kappa shape index (κ2) is 9.50. The van der Waals surface area contributed by atoms with E-state index in [2.05, 4.69) is 30.4 Å². The third-order valence-corrected chi connectivity index (χ3v) is 6.03. The van der Waals surface area contributed by atoms with Gasteiger partial charge in [0.15, 0.2) is 22.9 Å². The van der Waals surface area contributed by atoms with Crippen molar-refractivity contribution in [3.8, 4) is 0 Å². The Hall–Kier alpha value is -4.79. The van der Waals surface area contributed by atoms with Crippen molar-refractivity contribution in [3.05, 3.63) is 64.5 Å². The number of nitrogens with zero attached hydrogens (tertiary/aromatic N) is 3. The summed E-state index contributed by atoms with van der Waals surface area (Å²) in [6, 6.07) is 8.99. The van der Waals surface area contributed by atoms with Crippen molar-refractivity contribution in [2.24, 2.45) is 0 Å². The molecule has 0 saturated heterocycles. The fourth-order valence-electron chi connectivity index (χ4n) is 4.19. The molecular weight excluding hydrogens is 528 g/mol. The molecule has 1 aliphatic rings. The summed E-state index contributed by atoms with van der Waals surface area (Å²) >= 11 is 0. The summed E-state index contributed by atoms with van der Waals surface area (Å²) in [6.07, 6.45) is -3.80. The number of benzene rings is 2. The van der Waals surface area contributed by atoms with E-state index in [0.717, 1.165) is 13.2 Å². The number of alkyl halides is 3. The summed E-state index contributed by atoms with van der Waals surface area (Å²) in [4.78, 5) is 50.8. The normalized spacial score (nSPS) is 17.4. The second-order valence-electron chi connectivity index (χ2n) is 8.76. The molecule has 2 aromatic heterocycles. The lowest BCUT2D eigenvalue weighted by molar-refractivity contribution is -0.230. The maximum absolute atomic E-state index is 14.4. The minimum Gasteiger partial charge on any atom is -0.408 e. The van der Waals surface area contributed by atoms with Crippen molar-refractivity contribution in [3.63, 3.8) is 0 Å². The predicted molar refractivity (Wildman–Crippen MR) is 130 cm³/mol. The van der Waals surface area contributed by atoms with Gasteiger partial charge in [-0.15, -0.1) is 0 Å². The number of aryl methyl sites for hydroxylation is 1. The van der Waals surface area contributed by atoms with Gasteiger partial charge < -0.3 is 15.1 Å². The lowest BCUT2D eigenvalue weighted by Crippen LogP contribution is -2.53. The minimum absolute atomic E-state index is 0.0119. The van der Waals surface area contributed by atoms with Crippen LogP contribution < -0.4 is 21.0 Å². The van der Waals surface area contributed by atoms with Crippen LogP contribution in [-0.2, 0) is 20.8 Å². The molecule has 3 heterocycles. The highest BCUT2D eigenvalue weighted by Crippen LogP contribution is 2.36. The van der Waals surface area contributed by atoms with E-state index < -0.39 is 34.3 Å². The van der Waals surface area contributed by atoms with Crippen LogP contribution in [0, 0.1) is 5.82 Å². The highest BCUT2D eigenvalue weighted by molar-refractivity contribution is 5.91. The van der Waals surface area contributed by atoms with Gasteiger partial charge in [-0.2, -0.15) is 18.2 Å². The molecule has 1 atom stereocenters. The van der Waals surface area contributed by atoms with E-state index in [4.69, 9.17) is 4.42 Å². The fourth-order valence-corrected chi connectivity index (χ4v) is 4.19. The summed E-state index contributed by atoms with van der Waals surface area (Å²) in [7, 11) is 1.08. The summed E-state index contributed by atoms with van der Waals surface area (Å²) < 4.78 is 56.7. The fraction of sp³-hybridized carbons (Fsp3) is 0.208. The van der Waals surface area contributed by atoms with Crippen molar-refractivity contribution in [1.29, 1.82) is 0 Å².